The molecule has 2 aromatic heterocycles. The number of anilines is 1. The van der Waals surface area contributed by atoms with Crippen LogP contribution in [0.2, 0.25) is 0 Å². The number of thiazole rings is 1. The number of unbranched alkanes of at least 4 members (excludes halogenated alkanes) is 4. The number of carboxylic acids is 1. The Bertz CT molecular complexity index is 2310. The van der Waals surface area contributed by atoms with Gasteiger partial charge in [0.1, 0.15) is 30.0 Å². The van der Waals surface area contributed by atoms with Gasteiger partial charge in [0.25, 0.3) is 5.91 Å². The zero-order valence-electron chi connectivity index (χ0n) is 43.2. The van der Waals surface area contributed by atoms with Gasteiger partial charge in [-0.1, -0.05) is 91.2 Å². The predicted octanol–water partition coefficient (Wildman–Crippen LogP) is 9.20. The van der Waals surface area contributed by atoms with Crippen LogP contribution in [-0.2, 0) is 20.8 Å². The van der Waals surface area contributed by atoms with E-state index in [0.29, 0.717) is 31.2 Å². The largest absolute Gasteiger partial charge is 0.497 e. The van der Waals surface area contributed by atoms with Crippen LogP contribution >= 0.6 is 11.3 Å². The van der Waals surface area contributed by atoms with E-state index in [1.54, 1.807) is 42.3 Å². The average molecular weight is 987 g/mol. The van der Waals surface area contributed by atoms with Gasteiger partial charge in [-0.05, 0) is 75.6 Å². The van der Waals surface area contributed by atoms with E-state index in [-0.39, 0.29) is 35.7 Å². The second-order valence-electron chi connectivity index (χ2n) is 18.7. The number of pyridine rings is 1. The molecule has 70 heavy (non-hydrogen) atoms. The topological polar surface area (TPSA) is 204 Å². The van der Waals surface area contributed by atoms with Crippen molar-refractivity contribution in [2.24, 2.45) is 11.3 Å². The lowest BCUT2D eigenvalue weighted by Crippen LogP contribution is -2.58. The number of hydrogen-bond acceptors (Lipinski definition) is 12. The number of amides is 4. The van der Waals surface area contributed by atoms with Gasteiger partial charge < -0.3 is 45.1 Å². The third kappa shape index (κ3) is 17.7. The van der Waals surface area contributed by atoms with Gasteiger partial charge in [0.05, 0.1) is 44.2 Å². The fourth-order valence-corrected chi connectivity index (χ4v) is 8.63. The van der Waals surface area contributed by atoms with Crippen molar-refractivity contribution in [2.75, 3.05) is 45.7 Å². The number of fused-ring (bicyclic) bond motifs is 2. The lowest BCUT2D eigenvalue weighted by molar-refractivity contribution is -0.142. The van der Waals surface area contributed by atoms with Gasteiger partial charge in [-0.25, -0.2) is 14.8 Å². The highest BCUT2D eigenvalue weighted by molar-refractivity contribution is 7.14. The normalized spacial score (nSPS) is 14.0. The zero-order valence-corrected chi connectivity index (χ0v) is 44.0. The summed E-state index contributed by atoms with van der Waals surface area (Å²) in [7, 11) is 3.31. The summed E-state index contributed by atoms with van der Waals surface area (Å²) in [6.45, 7) is 21.1. The highest BCUT2D eigenvalue weighted by Gasteiger charge is 2.33. The summed E-state index contributed by atoms with van der Waals surface area (Å²) in [5.74, 6) is -0.0492. The summed E-state index contributed by atoms with van der Waals surface area (Å²) < 4.78 is 10.8. The number of nitrogens with zero attached hydrogens (tertiary/aromatic N) is 4. The molecule has 3 unspecified atom stereocenters. The molecule has 17 heteroatoms. The molecule has 16 nitrogen and oxygen atoms in total. The van der Waals surface area contributed by atoms with E-state index in [1.165, 1.54) is 0 Å². The van der Waals surface area contributed by atoms with Crippen molar-refractivity contribution in [3.8, 4) is 22.9 Å². The number of benzene rings is 2. The van der Waals surface area contributed by atoms with Crippen LogP contribution in [0.5, 0.6) is 11.5 Å². The van der Waals surface area contributed by atoms with Crippen LogP contribution in [0.15, 0.2) is 66.1 Å². The number of ether oxygens (including phenoxy) is 2. The van der Waals surface area contributed by atoms with Crippen molar-refractivity contribution in [2.45, 2.75) is 132 Å². The number of urea groups is 1. The van der Waals surface area contributed by atoms with Crippen molar-refractivity contribution >= 4 is 58.0 Å². The summed E-state index contributed by atoms with van der Waals surface area (Å²) in [4.78, 5) is 72.4. The number of carbonyl (C=O) groups excluding carboxylic acids is 4. The van der Waals surface area contributed by atoms with E-state index in [9.17, 15) is 24.3 Å². The standard InChI is InChI=1S/C35H57N5O5.C17H19N3O2S.CH2O/c1-8-10-12-13-14-17-25(3)31(33(43)44)37-26(4)40(21-11-9-2)30(41)23-36-34(45)38-29(35(5,6)7)24-39-22-20-27-18-15-16-19-28(27)32(39)42;1-10(2)18-17-20-15(9-23-17)14-8-16(22-4)12-6-5-11(21-3)7-13(12)19-14;1-2/h14-19,25-26,29,31,37H,8-13,20-24H2,1-7H3,(H,43,44)(H2,36,38,45);5-10H,1-4H3,(H,18,20);1H2/b17-14-;;/t25?,26-,29?,31?;;/m1../s1. The van der Waals surface area contributed by atoms with Gasteiger partial charge in [-0.3, -0.25) is 19.7 Å². The molecule has 2 aromatic carbocycles. The number of hydrogen-bond donors (Lipinski definition) is 5. The Morgan fingerprint density at radius 1 is 0.957 bits per heavy atom. The number of nitrogens with one attached hydrogen (secondary N) is 4. The zero-order chi connectivity index (χ0) is 52.0. The number of methoxy groups -OCH3 is 2. The Balaban J connectivity index is 0.000000430. The summed E-state index contributed by atoms with van der Waals surface area (Å²) in [5.41, 5.74) is 3.83. The molecule has 1 aliphatic heterocycles. The van der Waals surface area contributed by atoms with Gasteiger partial charge in [0, 0.05) is 60.1 Å². The van der Waals surface area contributed by atoms with E-state index < -0.39 is 24.2 Å². The molecular weight excluding hydrogens is 909 g/mol. The number of aliphatic carboxylic acids is 1. The number of carboxylic acid groups (broad SMARTS) is 1. The SMILES string of the molecule is C=O.CCCCC/C=C\C(C)C(N[C@@H](C)N(CCCC)C(=O)CNC(=O)NC(CN1CCc2ccccc2C1=O)C(C)(C)C)C(=O)O.COc1ccc2c(OC)cc(-c3csc(NC(C)C)n3)nc2c1. The average Bonchev–Trinajstić information content (AvgIpc) is 3.80. The molecule has 5 N–H and O–H groups in total. The highest BCUT2D eigenvalue weighted by Crippen LogP contribution is 2.33. The number of allylic oxidation sites excluding steroid dienone is 1. The number of aromatic nitrogens is 2. The van der Waals surface area contributed by atoms with E-state index in [0.717, 1.165) is 89.4 Å². The summed E-state index contributed by atoms with van der Waals surface area (Å²) >= 11 is 1.57. The van der Waals surface area contributed by atoms with Crippen LogP contribution in [0.1, 0.15) is 117 Å². The van der Waals surface area contributed by atoms with Crippen molar-refractivity contribution in [1.82, 2.24) is 35.7 Å². The minimum Gasteiger partial charge on any atom is -0.497 e. The molecule has 0 fully saturated rings. The molecule has 0 saturated carbocycles. The first kappa shape index (κ1) is 58.2. The quantitative estimate of drug-likeness (QED) is 0.0268. The fourth-order valence-electron chi connectivity index (χ4n) is 7.77. The second-order valence-corrected chi connectivity index (χ2v) is 19.6. The van der Waals surface area contributed by atoms with Gasteiger partial charge in [0.2, 0.25) is 5.91 Å². The van der Waals surface area contributed by atoms with E-state index in [2.05, 4.69) is 47.0 Å². The lowest BCUT2D eigenvalue weighted by Gasteiger charge is -2.38. The number of rotatable bonds is 23. The van der Waals surface area contributed by atoms with E-state index in [4.69, 9.17) is 19.3 Å². The Morgan fingerprint density at radius 2 is 1.67 bits per heavy atom. The molecule has 5 rings (SSSR count). The molecule has 0 aliphatic carbocycles. The molecule has 0 spiro atoms. The Labute approximate surface area is 419 Å². The van der Waals surface area contributed by atoms with Crippen molar-refractivity contribution in [1.29, 1.82) is 0 Å². The van der Waals surface area contributed by atoms with Crippen LogP contribution in [0.4, 0.5) is 9.93 Å². The molecule has 384 valence electrons. The first-order valence-electron chi connectivity index (χ1n) is 24.3. The summed E-state index contributed by atoms with van der Waals surface area (Å²) in [5, 5.41) is 25.9. The molecular formula is C53H78N8O8S. The maximum atomic E-state index is 13.4. The van der Waals surface area contributed by atoms with Crippen molar-refractivity contribution in [3.05, 3.63) is 77.2 Å². The lowest BCUT2D eigenvalue weighted by atomic mass is 9.85. The molecule has 4 amide bonds. The maximum absolute atomic E-state index is 13.4. The van der Waals surface area contributed by atoms with Crippen LogP contribution in [0.3, 0.4) is 0 Å². The molecule has 4 aromatic rings. The molecule has 3 heterocycles. The third-order valence-electron chi connectivity index (χ3n) is 11.9. The minimum absolute atomic E-state index is 0.0440. The Kier molecular flexibility index (Phi) is 24.3. The Hall–Kier alpha value is -6.07. The Morgan fingerprint density at radius 3 is 2.31 bits per heavy atom. The van der Waals surface area contributed by atoms with Crippen molar-refractivity contribution < 1.29 is 38.6 Å². The second kappa shape index (κ2) is 29.2. The van der Waals surface area contributed by atoms with Gasteiger partial charge >= 0.3 is 12.0 Å². The fraction of sp³-hybridized carbons (Fsp3) is 0.528. The molecule has 1 aliphatic rings. The maximum Gasteiger partial charge on any atom is 0.321 e. The smallest absolute Gasteiger partial charge is 0.321 e. The predicted molar refractivity (Wildman–Crippen MR) is 281 cm³/mol. The summed E-state index contributed by atoms with van der Waals surface area (Å²) in [6.07, 6.45) is 10.0. The van der Waals surface area contributed by atoms with Crippen LogP contribution in [0.25, 0.3) is 22.3 Å². The van der Waals surface area contributed by atoms with Gasteiger partial charge in [-0.15, -0.1) is 11.3 Å². The van der Waals surface area contributed by atoms with Gasteiger partial charge in [0.15, 0.2) is 5.13 Å². The van der Waals surface area contributed by atoms with Gasteiger partial charge in [-0.2, -0.15) is 0 Å². The molecule has 0 saturated heterocycles. The first-order chi connectivity index (χ1) is 33.4. The van der Waals surface area contributed by atoms with Crippen LogP contribution in [0, 0.1) is 11.3 Å². The minimum atomic E-state index is -0.975. The van der Waals surface area contributed by atoms with Crippen molar-refractivity contribution in [3.63, 3.8) is 0 Å². The molecule has 0 bridgehead atoms. The summed E-state index contributed by atoms with van der Waals surface area (Å²) in [6, 6.07) is 13.9. The molecule has 4 atom stereocenters. The monoisotopic (exact) mass is 987 g/mol. The molecule has 0 radical (unpaired) electrons. The van der Waals surface area contributed by atoms with E-state index in [1.807, 2.05) is 107 Å². The van der Waals surface area contributed by atoms with E-state index >= 15 is 0 Å². The third-order valence-corrected chi connectivity index (χ3v) is 12.7. The number of carbonyl (C=O) groups is 5. The van der Waals surface area contributed by atoms with Crippen LogP contribution in [-0.4, -0.2) is 120 Å². The van der Waals surface area contributed by atoms with Crippen LogP contribution < -0.4 is 30.7 Å². The first-order valence-corrected chi connectivity index (χ1v) is 25.2. The highest BCUT2D eigenvalue weighted by atomic mass is 32.1.